The van der Waals surface area contributed by atoms with Gasteiger partial charge in [-0.15, -0.1) is 0 Å². The Morgan fingerprint density at radius 2 is 2.00 bits per heavy atom. The van der Waals surface area contributed by atoms with Crippen LogP contribution in [0.5, 0.6) is 11.5 Å². The lowest BCUT2D eigenvalue weighted by molar-refractivity contribution is -0.137. The molecule has 0 bridgehead atoms. The zero-order chi connectivity index (χ0) is 19.1. The van der Waals surface area contributed by atoms with E-state index in [0.29, 0.717) is 33.6 Å². The van der Waals surface area contributed by atoms with Crippen molar-refractivity contribution >= 4 is 46.3 Å². The first-order valence-corrected chi connectivity index (χ1v) is 9.05. The number of benzene rings is 1. The van der Waals surface area contributed by atoms with Crippen LogP contribution in [0.3, 0.4) is 0 Å². The minimum Gasteiger partial charge on any atom is -0.493 e. The van der Waals surface area contributed by atoms with E-state index in [0.717, 1.165) is 11.1 Å². The van der Waals surface area contributed by atoms with Crippen LogP contribution < -0.4 is 14.8 Å². The van der Waals surface area contributed by atoms with Crippen molar-refractivity contribution in [3.8, 4) is 11.5 Å². The van der Waals surface area contributed by atoms with Gasteiger partial charge < -0.3 is 19.9 Å². The molecule has 1 aliphatic rings. The summed E-state index contributed by atoms with van der Waals surface area (Å²) in [5.74, 6) is 0.115. The van der Waals surface area contributed by atoms with E-state index in [2.05, 4.69) is 5.32 Å². The molecule has 6 nitrogen and oxygen atoms in total. The standard InChI is InChI=1S/C18H19NO5S2/c1-23-13-9-7-11(10-14(13)24-2)6-8-12(4-3-5-15(20)21)16-17(22)19-18(25)26-16/h6-10H,3-5H2,1-2H3,(H,20,21)(H,19,22,25). The molecular formula is C18H19NO5S2. The molecule has 1 heterocycles. The number of aliphatic carboxylic acids is 1. The predicted octanol–water partition coefficient (Wildman–Crippen LogP) is 3.37. The number of hydrogen-bond acceptors (Lipinski definition) is 6. The number of amides is 1. The number of ether oxygens (including phenoxy) is 2. The maximum Gasteiger partial charge on any atom is 0.303 e. The van der Waals surface area contributed by atoms with Gasteiger partial charge in [0.15, 0.2) is 11.5 Å². The number of rotatable bonds is 8. The molecule has 1 amide bonds. The topological polar surface area (TPSA) is 84.9 Å². The van der Waals surface area contributed by atoms with Gasteiger partial charge in [0.1, 0.15) is 4.32 Å². The van der Waals surface area contributed by atoms with Crippen LogP contribution in [0.2, 0.25) is 0 Å². The number of thioether (sulfide) groups is 1. The summed E-state index contributed by atoms with van der Waals surface area (Å²) >= 11 is 6.23. The summed E-state index contributed by atoms with van der Waals surface area (Å²) in [5.41, 5.74) is 1.62. The van der Waals surface area contributed by atoms with Crippen molar-refractivity contribution in [2.45, 2.75) is 19.3 Å². The lowest BCUT2D eigenvalue weighted by Crippen LogP contribution is -2.18. The zero-order valence-corrected chi connectivity index (χ0v) is 16.0. The molecular weight excluding hydrogens is 374 g/mol. The molecule has 8 heteroatoms. The van der Waals surface area contributed by atoms with E-state index in [1.165, 1.54) is 11.8 Å². The summed E-state index contributed by atoms with van der Waals surface area (Å²) < 4.78 is 10.9. The monoisotopic (exact) mass is 393 g/mol. The fraction of sp³-hybridized carbons (Fsp3) is 0.278. The molecule has 0 radical (unpaired) electrons. The quantitative estimate of drug-likeness (QED) is 0.517. The van der Waals surface area contributed by atoms with Gasteiger partial charge >= 0.3 is 5.97 Å². The van der Waals surface area contributed by atoms with Crippen LogP contribution in [-0.4, -0.2) is 35.5 Å². The number of carbonyl (C=O) groups is 2. The Bertz CT molecular complexity index is 786. The molecule has 1 fully saturated rings. The van der Waals surface area contributed by atoms with Gasteiger partial charge in [0, 0.05) is 6.42 Å². The SMILES string of the molecule is COc1ccc(C=CC(CCCC(=O)O)=C2SC(=S)NC2=O)cc1OC. The summed E-state index contributed by atoms with van der Waals surface area (Å²) in [6, 6.07) is 5.48. The van der Waals surface area contributed by atoms with Crippen molar-refractivity contribution in [3.05, 3.63) is 40.3 Å². The number of carboxylic acids is 1. The summed E-state index contributed by atoms with van der Waals surface area (Å²) in [5, 5.41) is 11.4. The molecule has 26 heavy (non-hydrogen) atoms. The van der Waals surface area contributed by atoms with E-state index in [9.17, 15) is 9.59 Å². The predicted molar refractivity (Wildman–Crippen MR) is 105 cm³/mol. The molecule has 138 valence electrons. The minimum absolute atomic E-state index is 0.0394. The third kappa shape index (κ3) is 5.34. The fourth-order valence-corrected chi connectivity index (χ4v) is 3.50. The number of allylic oxidation sites excluding steroid dienone is 2. The van der Waals surface area contributed by atoms with Gasteiger partial charge in [-0.25, -0.2) is 0 Å². The molecule has 0 saturated carbocycles. The second-order valence-electron chi connectivity index (χ2n) is 5.39. The number of thiocarbonyl (C=S) groups is 1. The molecule has 0 aromatic heterocycles. The maximum atomic E-state index is 12.1. The maximum absolute atomic E-state index is 12.1. The van der Waals surface area contributed by atoms with E-state index >= 15 is 0 Å². The van der Waals surface area contributed by atoms with Gasteiger partial charge in [0.25, 0.3) is 5.91 Å². The molecule has 2 N–H and O–H groups in total. The van der Waals surface area contributed by atoms with Gasteiger partial charge in [-0.05, 0) is 36.1 Å². The van der Waals surface area contributed by atoms with Gasteiger partial charge in [-0.1, -0.05) is 42.2 Å². The molecule has 0 aliphatic carbocycles. The Labute approximate surface area is 161 Å². The molecule has 1 aliphatic heterocycles. The minimum atomic E-state index is -0.864. The van der Waals surface area contributed by atoms with Crippen LogP contribution in [0.25, 0.3) is 6.08 Å². The van der Waals surface area contributed by atoms with Crippen LogP contribution in [0.15, 0.2) is 34.8 Å². The Morgan fingerprint density at radius 1 is 1.27 bits per heavy atom. The second-order valence-corrected chi connectivity index (χ2v) is 7.08. The van der Waals surface area contributed by atoms with E-state index in [1.807, 2.05) is 24.3 Å². The van der Waals surface area contributed by atoms with Crippen molar-refractivity contribution < 1.29 is 24.2 Å². The van der Waals surface area contributed by atoms with Crippen LogP contribution >= 0.6 is 24.0 Å². The van der Waals surface area contributed by atoms with Crippen LogP contribution in [0, 0.1) is 0 Å². The van der Waals surface area contributed by atoms with Crippen molar-refractivity contribution in [1.82, 2.24) is 5.32 Å². The lowest BCUT2D eigenvalue weighted by Gasteiger charge is -2.08. The average Bonchev–Trinajstić information content (AvgIpc) is 2.95. The van der Waals surface area contributed by atoms with Crippen LogP contribution in [0.1, 0.15) is 24.8 Å². The fourth-order valence-electron chi connectivity index (χ4n) is 2.38. The highest BCUT2D eigenvalue weighted by Crippen LogP contribution is 2.31. The Balaban J connectivity index is 2.27. The summed E-state index contributed by atoms with van der Waals surface area (Å²) in [4.78, 5) is 23.3. The number of nitrogens with one attached hydrogen (secondary N) is 1. The van der Waals surface area contributed by atoms with E-state index in [-0.39, 0.29) is 12.3 Å². The molecule has 2 rings (SSSR count). The van der Waals surface area contributed by atoms with Crippen molar-refractivity contribution in [2.24, 2.45) is 0 Å². The molecule has 1 saturated heterocycles. The van der Waals surface area contributed by atoms with Gasteiger partial charge in [-0.3, -0.25) is 9.59 Å². The highest BCUT2D eigenvalue weighted by molar-refractivity contribution is 8.26. The molecule has 1 aromatic rings. The van der Waals surface area contributed by atoms with E-state index in [1.54, 1.807) is 20.3 Å². The Morgan fingerprint density at radius 3 is 2.58 bits per heavy atom. The van der Waals surface area contributed by atoms with Crippen LogP contribution in [0.4, 0.5) is 0 Å². The third-order valence-electron chi connectivity index (χ3n) is 3.63. The lowest BCUT2D eigenvalue weighted by atomic mass is 10.1. The summed E-state index contributed by atoms with van der Waals surface area (Å²) in [6.45, 7) is 0. The summed E-state index contributed by atoms with van der Waals surface area (Å²) in [7, 11) is 3.13. The molecule has 1 aromatic carbocycles. The first kappa shape index (κ1) is 20.0. The molecule has 0 unspecified atom stereocenters. The van der Waals surface area contributed by atoms with E-state index < -0.39 is 5.97 Å². The summed E-state index contributed by atoms with van der Waals surface area (Å²) in [6.07, 6.45) is 4.61. The average molecular weight is 393 g/mol. The van der Waals surface area contributed by atoms with Gasteiger partial charge in [0.2, 0.25) is 0 Å². The highest BCUT2D eigenvalue weighted by Gasteiger charge is 2.25. The van der Waals surface area contributed by atoms with Crippen LogP contribution in [-0.2, 0) is 9.59 Å². The zero-order valence-electron chi connectivity index (χ0n) is 14.4. The number of carboxylic acid groups (broad SMARTS) is 1. The second kappa shape index (κ2) is 9.40. The highest BCUT2D eigenvalue weighted by atomic mass is 32.2. The first-order valence-electron chi connectivity index (χ1n) is 7.82. The van der Waals surface area contributed by atoms with Crippen molar-refractivity contribution in [1.29, 1.82) is 0 Å². The first-order chi connectivity index (χ1) is 12.4. The number of carbonyl (C=O) groups excluding carboxylic acids is 1. The van der Waals surface area contributed by atoms with Gasteiger partial charge in [0.05, 0.1) is 19.1 Å². The van der Waals surface area contributed by atoms with E-state index in [4.69, 9.17) is 26.8 Å². The Hall–Kier alpha value is -2.32. The Kier molecular flexibility index (Phi) is 7.23. The largest absolute Gasteiger partial charge is 0.493 e. The normalized spacial score (nSPS) is 15.9. The molecule has 0 spiro atoms. The van der Waals surface area contributed by atoms with Gasteiger partial charge in [-0.2, -0.15) is 0 Å². The number of methoxy groups -OCH3 is 2. The van der Waals surface area contributed by atoms with Crippen molar-refractivity contribution in [3.63, 3.8) is 0 Å². The smallest absolute Gasteiger partial charge is 0.303 e. The third-order valence-corrected chi connectivity index (χ3v) is 4.92. The molecule has 0 atom stereocenters. The van der Waals surface area contributed by atoms with Crippen molar-refractivity contribution in [2.75, 3.05) is 14.2 Å². The number of hydrogen-bond donors (Lipinski definition) is 2.